The molecule has 10 nitrogen and oxygen atoms in total. The van der Waals surface area contributed by atoms with Crippen molar-refractivity contribution in [1.82, 2.24) is 24.6 Å². The van der Waals surface area contributed by atoms with Crippen molar-refractivity contribution >= 4 is 23.6 Å². The summed E-state index contributed by atoms with van der Waals surface area (Å²) in [5.41, 5.74) is 0. The van der Waals surface area contributed by atoms with Crippen LogP contribution in [-0.2, 0) is 16.1 Å². The van der Waals surface area contributed by atoms with Gasteiger partial charge in [-0.3, -0.25) is 14.2 Å². The van der Waals surface area contributed by atoms with E-state index in [1.165, 1.54) is 11.8 Å². The second-order valence-electron chi connectivity index (χ2n) is 7.89. The molecule has 3 aromatic rings. The van der Waals surface area contributed by atoms with Gasteiger partial charge in [0.05, 0.1) is 12.0 Å². The molecule has 0 saturated carbocycles. The summed E-state index contributed by atoms with van der Waals surface area (Å²) in [5.74, 6) is 2.66. The average molecular weight is 484 g/mol. The van der Waals surface area contributed by atoms with Crippen molar-refractivity contribution in [2.45, 2.75) is 24.7 Å². The summed E-state index contributed by atoms with van der Waals surface area (Å²) in [4.78, 5) is 29.2. The zero-order valence-electron chi connectivity index (χ0n) is 18.8. The van der Waals surface area contributed by atoms with Crippen LogP contribution in [0.3, 0.4) is 0 Å². The first-order valence-corrected chi connectivity index (χ1v) is 12.2. The third-order valence-electron chi connectivity index (χ3n) is 5.83. The van der Waals surface area contributed by atoms with Gasteiger partial charge < -0.3 is 23.7 Å². The number of fused-ring (bicyclic) bond motifs is 1. The number of rotatable bonds is 6. The Morgan fingerprint density at radius 1 is 1.03 bits per heavy atom. The first-order valence-electron chi connectivity index (χ1n) is 11.2. The van der Waals surface area contributed by atoms with Crippen LogP contribution in [-0.4, -0.2) is 81.0 Å². The fraction of sp³-hybridized carbons (Fsp3) is 0.391. The van der Waals surface area contributed by atoms with Gasteiger partial charge in [-0.1, -0.05) is 23.9 Å². The van der Waals surface area contributed by atoms with E-state index in [1.807, 2.05) is 35.8 Å². The molecule has 0 aliphatic carbocycles. The van der Waals surface area contributed by atoms with Gasteiger partial charge in [-0.2, -0.15) is 0 Å². The number of hydrogen-bond acceptors (Lipinski definition) is 8. The lowest BCUT2D eigenvalue weighted by atomic mass is 10.2. The van der Waals surface area contributed by atoms with Gasteiger partial charge in [0.15, 0.2) is 28.2 Å². The summed E-state index contributed by atoms with van der Waals surface area (Å²) >= 11 is 1.35. The van der Waals surface area contributed by atoms with Crippen molar-refractivity contribution in [2.75, 3.05) is 38.5 Å². The number of amides is 2. The predicted octanol–water partition coefficient (Wildman–Crippen LogP) is 2.16. The van der Waals surface area contributed by atoms with Gasteiger partial charge in [-0.05, 0) is 31.2 Å². The summed E-state index contributed by atoms with van der Waals surface area (Å²) in [6, 6.07) is 11.0. The highest BCUT2D eigenvalue weighted by molar-refractivity contribution is 7.99. The fourth-order valence-electron chi connectivity index (χ4n) is 4.01. The lowest BCUT2D eigenvalue weighted by molar-refractivity contribution is -0.145. The number of carbonyl (C=O) groups excluding carboxylic acids is 2. The molecule has 5 rings (SSSR count). The van der Waals surface area contributed by atoms with E-state index in [0.717, 1.165) is 0 Å². The molecule has 1 saturated heterocycles. The number of piperazine rings is 1. The molecule has 2 aromatic heterocycles. The monoisotopic (exact) mass is 483 g/mol. The second kappa shape index (κ2) is 9.80. The van der Waals surface area contributed by atoms with Crippen LogP contribution in [0.5, 0.6) is 11.5 Å². The Morgan fingerprint density at radius 2 is 1.79 bits per heavy atom. The van der Waals surface area contributed by atoms with Crippen molar-refractivity contribution in [3.05, 3.63) is 42.7 Å². The second-order valence-corrected chi connectivity index (χ2v) is 8.83. The molecule has 34 heavy (non-hydrogen) atoms. The van der Waals surface area contributed by atoms with Crippen LogP contribution in [0.4, 0.5) is 0 Å². The van der Waals surface area contributed by atoms with E-state index >= 15 is 0 Å². The lowest BCUT2D eigenvalue weighted by Crippen LogP contribution is -2.55. The fourth-order valence-corrected chi connectivity index (χ4v) is 4.91. The van der Waals surface area contributed by atoms with E-state index in [1.54, 1.807) is 28.2 Å². The number of para-hydroxylation sites is 2. The Balaban J connectivity index is 1.12. The molecule has 0 unspecified atom stereocenters. The molecule has 2 aliphatic heterocycles. The largest absolute Gasteiger partial charge is 0.485 e. The van der Waals surface area contributed by atoms with Crippen LogP contribution < -0.4 is 9.47 Å². The van der Waals surface area contributed by atoms with E-state index in [9.17, 15) is 9.59 Å². The van der Waals surface area contributed by atoms with Crippen LogP contribution in [0, 0.1) is 0 Å². The normalized spacial score (nSPS) is 17.6. The standard InChI is InChI=1S/C23H25N5O5S/c1-2-28-21(18-8-5-13-31-18)24-25-23(28)34-15-20(29)26-9-11-27(12-10-26)22(30)19-14-32-16-6-3-4-7-17(16)33-19/h3-8,13,19H,2,9-12,14-15H2,1H3/t19-/m0/s1. The molecular weight excluding hydrogens is 458 g/mol. The van der Waals surface area contributed by atoms with Crippen molar-refractivity contribution in [1.29, 1.82) is 0 Å². The Labute approximate surface area is 200 Å². The lowest BCUT2D eigenvalue weighted by Gasteiger charge is -2.37. The summed E-state index contributed by atoms with van der Waals surface area (Å²) < 4.78 is 18.9. The summed E-state index contributed by atoms with van der Waals surface area (Å²) in [6.45, 7) is 4.73. The number of aromatic nitrogens is 3. The molecule has 1 atom stereocenters. The van der Waals surface area contributed by atoms with Gasteiger partial charge in [-0.25, -0.2) is 0 Å². The van der Waals surface area contributed by atoms with Crippen LogP contribution in [0.25, 0.3) is 11.6 Å². The van der Waals surface area contributed by atoms with Gasteiger partial charge in [0, 0.05) is 32.7 Å². The Morgan fingerprint density at radius 3 is 2.53 bits per heavy atom. The first-order chi connectivity index (χ1) is 16.6. The number of furan rings is 1. The maximum absolute atomic E-state index is 12.9. The van der Waals surface area contributed by atoms with Crippen molar-refractivity contribution in [3.63, 3.8) is 0 Å². The minimum Gasteiger partial charge on any atom is -0.485 e. The quantitative estimate of drug-likeness (QED) is 0.492. The molecule has 0 N–H and O–H groups in total. The number of carbonyl (C=O) groups is 2. The molecule has 2 amide bonds. The summed E-state index contributed by atoms with van der Waals surface area (Å²) in [7, 11) is 0. The van der Waals surface area contributed by atoms with Gasteiger partial charge in [0.25, 0.3) is 5.91 Å². The maximum atomic E-state index is 12.9. The molecule has 2 aliphatic rings. The molecule has 1 aromatic carbocycles. The maximum Gasteiger partial charge on any atom is 0.267 e. The molecule has 4 heterocycles. The number of nitrogens with zero attached hydrogens (tertiary/aromatic N) is 5. The van der Waals surface area contributed by atoms with E-state index in [2.05, 4.69) is 10.2 Å². The number of hydrogen-bond donors (Lipinski definition) is 0. The van der Waals surface area contributed by atoms with E-state index in [0.29, 0.717) is 61.0 Å². The molecule has 0 radical (unpaired) electrons. The summed E-state index contributed by atoms with van der Waals surface area (Å²) in [5, 5.41) is 9.12. The van der Waals surface area contributed by atoms with Crippen molar-refractivity contribution < 1.29 is 23.5 Å². The third-order valence-corrected chi connectivity index (χ3v) is 6.78. The molecular formula is C23H25N5O5S. The number of thioether (sulfide) groups is 1. The van der Waals surface area contributed by atoms with Crippen LogP contribution in [0.1, 0.15) is 6.92 Å². The van der Waals surface area contributed by atoms with E-state index in [-0.39, 0.29) is 24.2 Å². The molecule has 0 bridgehead atoms. The first kappa shape index (κ1) is 22.3. The highest BCUT2D eigenvalue weighted by Crippen LogP contribution is 2.31. The van der Waals surface area contributed by atoms with E-state index < -0.39 is 6.10 Å². The van der Waals surface area contributed by atoms with Crippen molar-refractivity contribution in [3.8, 4) is 23.1 Å². The zero-order chi connectivity index (χ0) is 23.5. The topological polar surface area (TPSA) is 103 Å². The predicted molar refractivity (Wildman–Crippen MR) is 124 cm³/mol. The third kappa shape index (κ3) is 4.47. The van der Waals surface area contributed by atoms with Gasteiger partial charge in [0.1, 0.15) is 6.61 Å². The molecule has 178 valence electrons. The Kier molecular flexibility index (Phi) is 6.43. The van der Waals surface area contributed by atoms with Crippen LogP contribution in [0.15, 0.2) is 52.2 Å². The molecule has 1 fully saturated rings. The average Bonchev–Trinajstić information content (AvgIpc) is 3.56. The SMILES string of the molecule is CCn1c(SCC(=O)N2CCN(C(=O)[C@@H]3COc4ccccc4O3)CC2)nnc1-c1ccco1. The highest BCUT2D eigenvalue weighted by atomic mass is 32.2. The molecule has 0 spiro atoms. The molecule has 11 heteroatoms. The Hall–Kier alpha value is -3.47. The van der Waals surface area contributed by atoms with Gasteiger partial charge in [0.2, 0.25) is 12.0 Å². The number of benzene rings is 1. The Bertz CT molecular complexity index is 1160. The van der Waals surface area contributed by atoms with Gasteiger partial charge >= 0.3 is 0 Å². The minimum atomic E-state index is -0.670. The van der Waals surface area contributed by atoms with Crippen LogP contribution >= 0.6 is 11.8 Å². The van der Waals surface area contributed by atoms with Crippen LogP contribution in [0.2, 0.25) is 0 Å². The van der Waals surface area contributed by atoms with Gasteiger partial charge in [-0.15, -0.1) is 10.2 Å². The zero-order valence-corrected chi connectivity index (χ0v) is 19.6. The number of ether oxygens (including phenoxy) is 2. The smallest absolute Gasteiger partial charge is 0.267 e. The highest BCUT2D eigenvalue weighted by Gasteiger charge is 2.33. The summed E-state index contributed by atoms with van der Waals surface area (Å²) in [6.07, 6.45) is 0.924. The minimum absolute atomic E-state index is 0.00785. The van der Waals surface area contributed by atoms with E-state index in [4.69, 9.17) is 13.9 Å². The van der Waals surface area contributed by atoms with Crippen molar-refractivity contribution in [2.24, 2.45) is 0 Å².